The van der Waals surface area contributed by atoms with Crippen LogP contribution in [0.1, 0.15) is 17.3 Å². The second-order valence-electron chi connectivity index (χ2n) is 4.34. The van der Waals surface area contributed by atoms with Gasteiger partial charge in [-0.15, -0.1) is 0 Å². The summed E-state index contributed by atoms with van der Waals surface area (Å²) in [5.41, 5.74) is 1.19. The van der Waals surface area contributed by atoms with Crippen molar-refractivity contribution in [1.82, 2.24) is 10.2 Å². The average Bonchev–Trinajstić information content (AvgIpc) is 2.39. The number of benzene rings is 1. The van der Waals surface area contributed by atoms with Gasteiger partial charge < -0.3 is 15.5 Å². The third kappa shape index (κ3) is 3.31. The van der Waals surface area contributed by atoms with Gasteiger partial charge in [0.25, 0.3) is 0 Å². The van der Waals surface area contributed by atoms with Gasteiger partial charge in [-0.1, -0.05) is 0 Å². The summed E-state index contributed by atoms with van der Waals surface area (Å²) in [5, 5.41) is 5.35. The molecular formula is C13H15N3O3. The molecule has 0 saturated carbocycles. The van der Waals surface area contributed by atoms with Crippen molar-refractivity contribution in [1.29, 1.82) is 0 Å². The lowest BCUT2D eigenvalue weighted by Gasteiger charge is -2.26. The smallest absolute Gasteiger partial charge is 0.322 e. The van der Waals surface area contributed by atoms with Crippen LogP contribution in [0.5, 0.6) is 0 Å². The Morgan fingerprint density at radius 2 is 1.95 bits per heavy atom. The number of urea groups is 1. The molecule has 6 heteroatoms. The van der Waals surface area contributed by atoms with Crippen molar-refractivity contribution in [3.05, 3.63) is 29.8 Å². The fourth-order valence-electron chi connectivity index (χ4n) is 1.80. The van der Waals surface area contributed by atoms with Crippen LogP contribution in [0.3, 0.4) is 0 Å². The summed E-state index contributed by atoms with van der Waals surface area (Å²) in [7, 11) is 0. The quantitative estimate of drug-likeness (QED) is 0.775. The highest BCUT2D eigenvalue weighted by Crippen LogP contribution is 2.11. The van der Waals surface area contributed by atoms with Crippen molar-refractivity contribution in [3.8, 4) is 0 Å². The van der Waals surface area contributed by atoms with Crippen LogP contribution in [-0.2, 0) is 4.79 Å². The number of ketones is 1. The fraction of sp³-hybridized carbons (Fsp3) is 0.308. The molecule has 2 N–H and O–H groups in total. The molecule has 0 unspecified atom stereocenters. The molecule has 0 aromatic heterocycles. The maximum atomic E-state index is 11.9. The van der Waals surface area contributed by atoms with E-state index >= 15 is 0 Å². The minimum absolute atomic E-state index is 0.0226. The molecule has 3 amide bonds. The van der Waals surface area contributed by atoms with Crippen molar-refractivity contribution >= 4 is 23.4 Å². The second-order valence-corrected chi connectivity index (χ2v) is 4.34. The molecule has 1 saturated heterocycles. The second kappa shape index (κ2) is 5.51. The first-order valence-corrected chi connectivity index (χ1v) is 6.00. The molecule has 100 valence electrons. The van der Waals surface area contributed by atoms with Gasteiger partial charge in [0.15, 0.2) is 5.78 Å². The predicted molar refractivity (Wildman–Crippen MR) is 70.0 cm³/mol. The number of nitrogens with one attached hydrogen (secondary N) is 2. The highest BCUT2D eigenvalue weighted by molar-refractivity contribution is 5.96. The Morgan fingerprint density at radius 3 is 2.53 bits per heavy atom. The lowest BCUT2D eigenvalue weighted by Crippen LogP contribution is -2.51. The maximum Gasteiger partial charge on any atom is 0.322 e. The van der Waals surface area contributed by atoms with Crippen LogP contribution >= 0.6 is 0 Å². The van der Waals surface area contributed by atoms with Gasteiger partial charge >= 0.3 is 6.03 Å². The number of hydrogen-bond acceptors (Lipinski definition) is 3. The molecule has 2 rings (SSSR count). The summed E-state index contributed by atoms with van der Waals surface area (Å²) >= 11 is 0. The van der Waals surface area contributed by atoms with E-state index in [1.807, 2.05) is 0 Å². The van der Waals surface area contributed by atoms with E-state index in [-0.39, 0.29) is 24.3 Å². The highest BCUT2D eigenvalue weighted by Gasteiger charge is 2.20. The minimum atomic E-state index is -0.314. The van der Waals surface area contributed by atoms with Crippen LogP contribution in [0.25, 0.3) is 0 Å². The lowest BCUT2D eigenvalue weighted by atomic mass is 10.1. The number of carbonyl (C=O) groups is 3. The first kappa shape index (κ1) is 13.1. The van der Waals surface area contributed by atoms with Gasteiger partial charge in [-0.05, 0) is 31.2 Å². The third-order valence-corrected chi connectivity index (χ3v) is 2.87. The van der Waals surface area contributed by atoms with Gasteiger partial charge in [0, 0.05) is 24.3 Å². The molecule has 1 aliphatic rings. The van der Waals surface area contributed by atoms with Gasteiger partial charge in [-0.25, -0.2) is 4.79 Å². The normalized spacial score (nSPS) is 14.8. The number of amides is 3. The Hall–Kier alpha value is -2.37. The molecule has 0 spiro atoms. The van der Waals surface area contributed by atoms with E-state index < -0.39 is 0 Å². The van der Waals surface area contributed by atoms with Crippen LogP contribution in [-0.4, -0.2) is 42.3 Å². The Kier molecular flexibility index (Phi) is 3.79. The number of Topliss-reactive ketones (excluding diaryl/α,β-unsaturated/α-hetero) is 1. The van der Waals surface area contributed by atoms with E-state index in [1.54, 1.807) is 24.3 Å². The Morgan fingerprint density at radius 1 is 1.26 bits per heavy atom. The number of anilines is 1. The molecule has 1 aromatic carbocycles. The van der Waals surface area contributed by atoms with Crippen LogP contribution in [0, 0.1) is 0 Å². The molecule has 0 bridgehead atoms. The van der Waals surface area contributed by atoms with Crippen molar-refractivity contribution in [2.45, 2.75) is 6.92 Å². The van der Waals surface area contributed by atoms with Crippen molar-refractivity contribution in [3.63, 3.8) is 0 Å². The first-order valence-electron chi connectivity index (χ1n) is 6.00. The monoisotopic (exact) mass is 261 g/mol. The van der Waals surface area contributed by atoms with Gasteiger partial charge in [0.1, 0.15) is 6.54 Å². The average molecular weight is 261 g/mol. The summed E-state index contributed by atoms with van der Waals surface area (Å²) < 4.78 is 0. The number of hydrogen-bond donors (Lipinski definition) is 2. The van der Waals surface area contributed by atoms with Crippen LogP contribution in [0.2, 0.25) is 0 Å². The molecular weight excluding hydrogens is 246 g/mol. The molecule has 1 fully saturated rings. The Bertz CT molecular complexity index is 510. The maximum absolute atomic E-state index is 11.9. The summed E-state index contributed by atoms with van der Waals surface area (Å²) in [6.45, 7) is 2.51. The predicted octanol–water partition coefficient (Wildman–Crippen LogP) is 0.853. The zero-order valence-electron chi connectivity index (χ0n) is 10.6. The van der Waals surface area contributed by atoms with Gasteiger partial charge in [0.2, 0.25) is 5.91 Å². The number of carbonyl (C=O) groups excluding carboxylic acids is 3. The van der Waals surface area contributed by atoms with Crippen LogP contribution in [0.15, 0.2) is 24.3 Å². The highest BCUT2D eigenvalue weighted by atomic mass is 16.2. The number of piperazine rings is 1. The summed E-state index contributed by atoms with van der Waals surface area (Å²) in [6, 6.07) is 6.32. The molecule has 1 aliphatic heterocycles. The van der Waals surface area contributed by atoms with E-state index in [1.165, 1.54) is 11.8 Å². The standard InChI is InChI=1S/C13H15N3O3/c1-9(17)10-2-4-11(5-3-10)15-13(19)16-7-6-14-12(18)8-16/h2-5H,6-8H2,1H3,(H,14,18)(H,15,19). The Balaban J connectivity index is 1.98. The van der Waals surface area contributed by atoms with E-state index in [2.05, 4.69) is 10.6 Å². The zero-order chi connectivity index (χ0) is 13.8. The Labute approximate surface area is 110 Å². The van der Waals surface area contributed by atoms with Crippen LogP contribution in [0.4, 0.5) is 10.5 Å². The minimum Gasteiger partial charge on any atom is -0.353 e. The summed E-state index contributed by atoms with van der Waals surface area (Å²) in [5.74, 6) is -0.182. The van der Waals surface area contributed by atoms with E-state index in [0.29, 0.717) is 24.3 Å². The number of nitrogens with zero attached hydrogens (tertiary/aromatic N) is 1. The first-order chi connectivity index (χ1) is 9.06. The fourth-order valence-corrected chi connectivity index (χ4v) is 1.80. The van der Waals surface area contributed by atoms with Gasteiger partial charge in [0.05, 0.1) is 0 Å². The third-order valence-electron chi connectivity index (χ3n) is 2.87. The van der Waals surface area contributed by atoms with Crippen LogP contribution < -0.4 is 10.6 Å². The summed E-state index contributed by atoms with van der Waals surface area (Å²) in [4.78, 5) is 35.6. The molecule has 0 radical (unpaired) electrons. The molecule has 0 aliphatic carbocycles. The zero-order valence-corrected chi connectivity index (χ0v) is 10.6. The van der Waals surface area contributed by atoms with E-state index in [9.17, 15) is 14.4 Å². The largest absolute Gasteiger partial charge is 0.353 e. The molecule has 19 heavy (non-hydrogen) atoms. The van der Waals surface area contributed by atoms with E-state index in [0.717, 1.165) is 0 Å². The van der Waals surface area contributed by atoms with Crippen molar-refractivity contribution in [2.75, 3.05) is 25.0 Å². The summed E-state index contributed by atoms with van der Waals surface area (Å²) in [6.07, 6.45) is 0. The number of rotatable bonds is 2. The van der Waals surface area contributed by atoms with Crippen molar-refractivity contribution in [2.24, 2.45) is 0 Å². The molecule has 0 atom stereocenters. The lowest BCUT2D eigenvalue weighted by molar-refractivity contribution is -0.123. The SMILES string of the molecule is CC(=O)c1ccc(NC(=O)N2CCNC(=O)C2)cc1. The van der Waals surface area contributed by atoms with Gasteiger partial charge in [-0.3, -0.25) is 9.59 Å². The van der Waals surface area contributed by atoms with Gasteiger partial charge in [-0.2, -0.15) is 0 Å². The van der Waals surface area contributed by atoms with E-state index in [4.69, 9.17) is 0 Å². The topological polar surface area (TPSA) is 78.5 Å². The molecule has 6 nitrogen and oxygen atoms in total. The molecule has 1 aromatic rings. The van der Waals surface area contributed by atoms with Crippen molar-refractivity contribution < 1.29 is 14.4 Å². The molecule has 1 heterocycles.